The molecule has 0 spiro atoms. The van der Waals surface area contributed by atoms with Crippen LogP contribution in [0.1, 0.15) is 27.2 Å². The lowest BCUT2D eigenvalue weighted by Crippen LogP contribution is -2.06. The van der Waals surface area contributed by atoms with E-state index in [0.717, 1.165) is 16.7 Å². The number of ether oxygens (including phenoxy) is 3. The summed E-state index contributed by atoms with van der Waals surface area (Å²) in [5, 5.41) is 3.97. The number of aromatic nitrogens is 1. The van der Waals surface area contributed by atoms with E-state index in [0.29, 0.717) is 28.5 Å². The average molecular weight is 367 g/mol. The zero-order chi connectivity index (χ0) is 19.4. The molecule has 0 unspecified atom stereocenters. The molecule has 0 radical (unpaired) electrons. The summed E-state index contributed by atoms with van der Waals surface area (Å²) < 4.78 is 21.2. The van der Waals surface area contributed by atoms with Gasteiger partial charge in [0.1, 0.15) is 12.3 Å². The van der Waals surface area contributed by atoms with Gasteiger partial charge in [-0.2, -0.15) is 0 Å². The second-order valence-electron chi connectivity index (χ2n) is 6.20. The molecule has 2 aromatic carbocycles. The molecule has 3 aromatic rings. The summed E-state index contributed by atoms with van der Waals surface area (Å²) >= 11 is 0. The Morgan fingerprint density at radius 2 is 1.67 bits per heavy atom. The van der Waals surface area contributed by atoms with Crippen LogP contribution in [-0.2, 0) is 11.3 Å². The maximum Gasteiger partial charge on any atom is 0.338 e. The van der Waals surface area contributed by atoms with Crippen LogP contribution in [0.4, 0.5) is 0 Å². The Bertz CT molecular complexity index is 941. The summed E-state index contributed by atoms with van der Waals surface area (Å²) in [6, 6.07) is 12.8. The van der Waals surface area contributed by atoms with Crippen molar-refractivity contribution in [1.29, 1.82) is 0 Å². The number of nitrogens with zero attached hydrogens (tertiary/aromatic N) is 1. The molecular formula is C21H21NO5. The smallest absolute Gasteiger partial charge is 0.338 e. The van der Waals surface area contributed by atoms with E-state index < -0.39 is 5.97 Å². The SMILES string of the molecule is COc1ccc(-c2cc(COC(=O)c3cc(C)cc(C)c3)no2)cc1OC. The molecule has 0 aliphatic heterocycles. The molecule has 0 amide bonds. The van der Waals surface area contributed by atoms with Gasteiger partial charge in [0.2, 0.25) is 0 Å². The fraction of sp³-hybridized carbons (Fsp3) is 0.238. The van der Waals surface area contributed by atoms with Gasteiger partial charge >= 0.3 is 5.97 Å². The highest BCUT2D eigenvalue weighted by Gasteiger charge is 2.13. The van der Waals surface area contributed by atoms with E-state index in [-0.39, 0.29) is 6.61 Å². The van der Waals surface area contributed by atoms with Gasteiger partial charge in [0.05, 0.1) is 19.8 Å². The number of hydrogen-bond acceptors (Lipinski definition) is 6. The molecule has 0 aliphatic carbocycles. The predicted octanol–water partition coefficient (Wildman–Crippen LogP) is 4.33. The largest absolute Gasteiger partial charge is 0.493 e. The van der Waals surface area contributed by atoms with Crippen molar-refractivity contribution in [1.82, 2.24) is 5.16 Å². The minimum atomic E-state index is -0.391. The van der Waals surface area contributed by atoms with Gasteiger partial charge in [0.15, 0.2) is 17.3 Å². The Kier molecular flexibility index (Phi) is 5.45. The van der Waals surface area contributed by atoms with Gasteiger partial charge in [-0.05, 0) is 44.2 Å². The van der Waals surface area contributed by atoms with Crippen LogP contribution < -0.4 is 9.47 Å². The molecule has 0 saturated carbocycles. The van der Waals surface area contributed by atoms with E-state index in [2.05, 4.69) is 5.16 Å². The van der Waals surface area contributed by atoms with Gasteiger partial charge in [-0.1, -0.05) is 22.3 Å². The Hall–Kier alpha value is -3.28. The topological polar surface area (TPSA) is 70.8 Å². The molecule has 0 atom stereocenters. The first-order chi connectivity index (χ1) is 13.0. The van der Waals surface area contributed by atoms with Crippen LogP contribution in [0.3, 0.4) is 0 Å². The van der Waals surface area contributed by atoms with E-state index in [9.17, 15) is 4.79 Å². The Labute approximate surface area is 157 Å². The number of esters is 1. The first-order valence-electron chi connectivity index (χ1n) is 8.43. The summed E-state index contributed by atoms with van der Waals surface area (Å²) in [4.78, 5) is 12.2. The van der Waals surface area contributed by atoms with E-state index in [1.807, 2.05) is 26.0 Å². The second-order valence-corrected chi connectivity index (χ2v) is 6.20. The fourth-order valence-corrected chi connectivity index (χ4v) is 2.82. The van der Waals surface area contributed by atoms with Gasteiger partial charge in [-0.3, -0.25) is 0 Å². The lowest BCUT2D eigenvalue weighted by molar-refractivity contribution is 0.0464. The summed E-state index contributed by atoms with van der Waals surface area (Å²) in [7, 11) is 3.15. The van der Waals surface area contributed by atoms with E-state index >= 15 is 0 Å². The standard InChI is InChI=1S/C21H21NO5/c1-13-7-14(2)9-16(8-13)21(23)26-12-17-11-19(27-22-17)15-5-6-18(24-3)20(10-15)25-4/h5-11H,12H2,1-4H3. The van der Waals surface area contributed by atoms with Crippen molar-refractivity contribution in [3.63, 3.8) is 0 Å². The maximum atomic E-state index is 12.2. The Morgan fingerprint density at radius 3 is 2.33 bits per heavy atom. The number of carbonyl (C=O) groups excluding carboxylic acids is 1. The van der Waals surface area contributed by atoms with Crippen molar-refractivity contribution in [3.05, 3.63) is 64.8 Å². The molecule has 6 heteroatoms. The molecule has 6 nitrogen and oxygen atoms in total. The third kappa shape index (κ3) is 4.28. The van der Waals surface area contributed by atoms with E-state index in [1.54, 1.807) is 44.6 Å². The third-order valence-corrected chi connectivity index (χ3v) is 4.04. The molecule has 1 heterocycles. The number of methoxy groups -OCH3 is 2. The van der Waals surface area contributed by atoms with Gasteiger partial charge in [0.25, 0.3) is 0 Å². The number of hydrogen-bond donors (Lipinski definition) is 0. The van der Waals surface area contributed by atoms with Gasteiger partial charge in [0, 0.05) is 11.6 Å². The Morgan fingerprint density at radius 1 is 0.963 bits per heavy atom. The minimum absolute atomic E-state index is 0.0304. The highest BCUT2D eigenvalue weighted by Crippen LogP contribution is 2.32. The van der Waals surface area contributed by atoms with Crippen LogP contribution in [0.5, 0.6) is 11.5 Å². The molecule has 0 N–H and O–H groups in total. The van der Waals surface area contributed by atoms with Crippen LogP contribution in [0.2, 0.25) is 0 Å². The highest BCUT2D eigenvalue weighted by atomic mass is 16.5. The van der Waals surface area contributed by atoms with Crippen LogP contribution in [-0.4, -0.2) is 25.3 Å². The number of benzene rings is 2. The quantitative estimate of drug-likeness (QED) is 0.604. The second kappa shape index (κ2) is 7.95. The molecular weight excluding hydrogens is 346 g/mol. The number of carbonyl (C=O) groups is 1. The van der Waals surface area contributed by atoms with Gasteiger partial charge in [-0.15, -0.1) is 0 Å². The highest BCUT2D eigenvalue weighted by molar-refractivity contribution is 5.89. The molecule has 140 valence electrons. The monoisotopic (exact) mass is 367 g/mol. The summed E-state index contributed by atoms with van der Waals surface area (Å²) in [6.45, 7) is 3.91. The molecule has 27 heavy (non-hydrogen) atoms. The minimum Gasteiger partial charge on any atom is -0.493 e. The van der Waals surface area contributed by atoms with Crippen LogP contribution >= 0.6 is 0 Å². The predicted molar refractivity (Wildman–Crippen MR) is 100 cm³/mol. The fourth-order valence-electron chi connectivity index (χ4n) is 2.82. The summed E-state index contributed by atoms with van der Waals surface area (Å²) in [6.07, 6.45) is 0. The number of aryl methyl sites for hydroxylation is 2. The lowest BCUT2D eigenvalue weighted by Gasteiger charge is -2.07. The van der Waals surface area contributed by atoms with Crippen molar-refractivity contribution in [3.8, 4) is 22.8 Å². The van der Waals surface area contributed by atoms with E-state index in [1.165, 1.54) is 0 Å². The first kappa shape index (κ1) is 18.5. The Balaban J connectivity index is 1.70. The molecule has 1 aromatic heterocycles. The zero-order valence-electron chi connectivity index (χ0n) is 15.7. The van der Waals surface area contributed by atoms with Crippen molar-refractivity contribution < 1.29 is 23.5 Å². The van der Waals surface area contributed by atoms with Gasteiger partial charge in [-0.25, -0.2) is 4.79 Å². The number of rotatable bonds is 6. The maximum absolute atomic E-state index is 12.2. The van der Waals surface area contributed by atoms with Crippen molar-refractivity contribution >= 4 is 5.97 Å². The third-order valence-electron chi connectivity index (χ3n) is 4.04. The molecule has 0 fully saturated rings. The normalized spacial score (nSPS) is 10.5. The molecule has 0 saturated heterocycles. The van der Waals surface area contributed by atoms with Crippen LogP contribution in [0.15, 0.2) is 47.0 Å². The van der Waals surface area contributed by atoms with Crippen LogP contribution in [0, 0.1) is 13.8 Å². The van der Waals surface area contributed by atoms with Crippen molar-refractivity contribution in [2.75, 3.05) is 14.2 Å². The molecule has 0 bridgehead atoms. The zero-order valence-corrected chi connectivity index (χ0v) is 15.7. The average Bonchev–Trinajstić information content (AvgIpc) is 3.13. The lowest BCUT2D eigenvalue weighted by atomic mass is 10.1. The summed E-state index contributed by atoms with van der Waals surface area (Å²) in [5.41, 5.74) is 3.86. The van der Waals surface area contributed by atoms with Crippen LogP contribution in [0.25, 0.3) is 11.3 Å². The van der Waals surface area contributed by atoms with Crippen molar-refractivity contribution in [2.24, 2.45) is 0 Å². The first-order valence-corrected chi connectivity index (χ1v) is 8.43. The summed E-state index contributed by atoms with van der Waals surface area (Å²) in [5.74, 6) is 1.38. The van der Waals surface area contributed by atoms with Crippen molar-refractivity contribution in [2.45, 2.75) is 20.5 Å². The van der Waals surface area contributed by atoms with Gasteiger partial charge < -0.3 is 18.7 Å². The molecule has 0 aliphatic rings. The van der Waals surface area contributed by atoms with E-state index in [4.69, 9.17) is 18.7 Å². The molecule has 3 rings (SSSR count).